The molecule has 0 unspecified atom stereocenters. The predicted octanol–water partition coefficient (Wildman–Crippen LogP) is 4.96. The van der Waals surface area contributed by atoms with Gasteiger partial charge in [-0.05, 0) is 54.0 Å². The van der Waals surface area contributed by atoms with E-state index in [-0.39, 0.29) is 0 Å². The third-order valence-corrected chi connectivity index (χ3v) is 4.73. The highest BCUT2D eigenvalue weighted by atomic mass is 31.2. The Morgan fingerprint density at radius 2 is 1.38 bits per heavy atom. The standard InChI is InChI=1S/C16H25O4P/c1-12-10-8-9-11-13(12)14(17)21(18,19-15(2,3)4)20-16(5,6)7/h8-11H,1-7H3. The van der Waals surface area contributed by atoms with E-state index in [0.29, 0.717) is 5.56 Å². The fourth-order valence-corrected chi connectivity index (χ4v) is 3.97. The van der Waals surface area contributed by atoms with Gasteiger partial charge in [0.15, 0.2) is 0 Å². The van der Waals surface area contributed by atoms with Crippen LogP contribution >= 0.6 is 7.60 Å². The largest absolute Gasteiger partial charge is 0.402 e. The van der Waals surface area contributed by atoms with Crippen LogP contribution in [0, 0.1) is 6.92 Å². The summed E-state index contributed by atoms with van der Waals surface area (Å²) in [7, 11) is -3.94. The van der Waals surface area contributed by atoms with Crippen LogP contribution < -0.4 is 0 Å². The molecule has 0 fully saturated rings. The third kappa shape index (κ3) is 5.39. The third-order valence-electron chi connectivity index (χ3n) is 2.41. The molecule has 1 rings (SSSR count). The van der Waals surface area contributed by atoms with E-state index >= 15 is 0 Å². The molecule has 0 aliphatic heterocycles. The Morgan fingerprint density at radius 1 is 0.952 bits per heavy atom. The monoisotopic (exact) mass is 312 g/mol. The minimum absolute atomic E-state index is 0.370. The van der Waals surface area contributed by atoms with Gasteiger partial charge in [0.05, 0.1) is 11.2 Å². The SMILES string of the molecule is Cc1ccccc1C(=O)P(=O)(OC(C)(C)C)OC(C)(C)C. The average molecular weight is 312 g/mol. The van der Waals surface area contributed by atoms with Gasteiger partial charge in [0, 0.05) is 5.56 Å². The van der Waals surface area contributed by atoms with Crippen molar-refractivity contribution in [2.75, 3.05) is 0 Å². The van der Waals surface area contributed by atoms with E-state index in [9.17, 15) is 9.36 Å². The van der Waals surface area contributed by atoms with E-state index < -0.39 is 24.3 Å². The molecule has 0 spiro atoms. The molecule has 21 heavy (non-hydrogen) atoms. The van der Waals surface area contributed by atoms with Crippen LogP contribution in [0.3, 0.4) is 0 Å². The highest BCUT2D eigenvalue weighted by Gasteiger charge is 2.43. The zero-order chi connectivity index (χ0) is 16.5. The summed E-state index contributed by atoms with van der Waals surface area (Å²) in [4.78, 5) is 12.7. The Labute approximate surface area is 127 Å². The van der Waals surface area contributed by atoms with Crippen molar-refractivity contribution in [2.24, 2.45) is 0 Å². The van der Waals surface area contributed by atoms with E-state index in [0.717, 1.165) is 5.56 Å². The zero-order valence-corrected chi connectivity index (χ0v) is 14.8. The molecule has 118 valence electrons. The van der Waals surface area contributed by atoms with Gasteiger partial charge >= 0.3 is 7.60 Å². The van der Waals surface area contributed by atoms with Crippen molar-refractivity contribution < 1.29 is 18.4 Å². The Hall–Kier alpha value is -0.960. The van der Waals surface area contributed by atoms with Crippen molar-refractivity contribution in [3.05, 3.63) is 35.4 Å². The first-order valence-corrected chi connectivity index (χ1v) is 8.50. The maximum absolute atomic E-state index is 13.1. The van der Waals surface area contributed by atoms with Crippen LogP contribution in [0.5, 0.6) is 0 Å². The normalized spacial score (nSPS) is 13.3. The summed E-state index contributed by atoms with van der Waals surface area (Å²) in [6.07, 6.45) is 0. The Balaban J connectivity index is 3.28. The topological polar surface area (TPSA) is 52.6 Å². The van der Waals surface area contributed by atoms with Gasteiger partial charge in [-0.2, -0.15) is 0 Å². The molecule has 0 aliphatic rings. The van der Waals surface area contributed by atoms with Crippen LogP contribution in [0.4, 0.5) is 0 Å². The Kier molecular flexibility index (Phi) is 5.20. The lowest BCUT2D eigenvalue weighted by Gasteiger charge is -2.31. The minimum atomic E-state index is -3.94. The van der Waals surface area contributed by atoms with E-state index in [1.54, 1.807) is 66.7 Å². The summed E-state index contributed by atoms with van der Waals surface area (Å²) < 4.78 is 24.2. The molecule has 1 aromatic rings. The van der Waals surface area contributed by atoms with Crippen LogP contribution in [0.1, 0.15) is 57.5 Å². The van der Waals surface area contributed by atoms with Gasteiger partial charge in [-0.25, -0.2) is 0 Å². The van der Waals surface area contributed by atoms with Gasteiger partial charge in [0.1, 0.15) is 0 Å². The Morgan fingerprint density at radius 3 is 1.76 bits per heavy atom. The maximum atomic E-state index is 13.1. The molecule has 0 aliphatic carbocycles. The zero-order valence-electron chi connectivity index (χ0n) is 13.9. The summed E-state index contributed by atoms with van der Waals surface area (Å²) in [6, 6.07) is 7.00. The van der Waals surface area contributed by atoms with Gasteiger partial charge in [-0.15, -0.1) is 0 Å². The second kappa shape index (κ2) is 6.04. The van der Waals surface area contributed by atoms with Gasteiger partial charge in [0.25, 0.3) is 5.52 Å². The van der Waals surface area contributed by atoms with E-state index in [1.807, 2.05) is 6.07 Å². The summed E-state index contributed by atoms with van der Waals surface area (Å²) in [5, 5.41) is 0. The lowest BCUT2D eigenvalue weighted by molar-refractivity contribution is 0.0447. The fourth-order valence-electron chi connectivity index (χ4n) is 1.78. The van der Waals surface area contributed by atoms with Crippen LogP contribution in [0.25, 0.3) is 0 Å². The first kappa shape index (κ1) is 18.1. The lowest BCUT2D eigenvalue weighted by atomic mass is 10.1. The van der Waals surface area contributed by atoms with E-state index in [1.165, 1.54) is 0 Å². The van der Waals surface area contributed by atoms with E-state index in [2.05, 4.69) is 0 Å². The highest BCUT2D eigenvalue weighted by molar-refractivity contribution is 7.72. The molecule has 0 saturated carbocycles. The first-order chi connectivity index (χ1) is 9.34. The molecule has 0 atom stereocenters. The predicted molar refractivity (Wildman–Crippen MR) is 84.8 cm³/mol. The van der Waals surface area contributed by atoms with Crippen LogP contribution in [-0.2, 0) is 13.6 Å². The average Bonchev–Trinajstić information content (AvgIpc) is 2.23. The molecule has 0 bridgehead atoms. The number of hydrogen-bond acceptors (Lipinski definition) is 4. The molecule has 4 nitrogen and oxygen atoms in total. The molecule has 0 radical (unpaired) electrons. The maximum Gasteiger partial charge on any atom is 0.402 e. The molecule has 0 heterocycles. The highest BCUT2D eigenvalue weighted by Crippen LogP contribution is 2.56. The first-order valence-electron chi connectivity index (χ1n) is 6.96. The second-order valence-corrected chi connectivity index (χ2v) is 8.79. The quantitative estimate of drug-likeness (QED) is 0.737. The molecule has 0 saturated heterocycles. The summed E-state index contributed by atoms with van der Waals surface area (Å²) in [6.45, 7) is 12.3. The van der Waals surface area contributed by atoms with Crippen molar-refractivity contribution in [1.82, 2.24) is 0 Å². The fraction of sp³-hybridized carbons (Fsp3) is 0.562. The second-order valence-electron chi connectivity index (χ2n) is 7.02. The molecular formula is C16H25O4P. The van der Waals surface area contributed by atoms with Crippen LogP contribution in [0.2, 0.25) is 0 Å². The molecule has 0 amide bonds. The number of hydrogen-bond donors (Lipinski definition) is 0. The molecule has 5 heteroatoms. The summed E-state index contributed by atoms with van der Waals surface area (Å²) in [5.41, 5.74) is -0.976. The van der Waals surface area contributed by atoms with Crippen molar-refractivity contribution in [1.29, 1.82) is 0 Å². The Bertz CT molecular complexity index is 544. The number of aryl methyl sites for hydroxylation is 1. The minimum Gasteiger partial charge on any atom is -0.297 e. The number of rotatable bonds is 4. The summed E-state index contributed by atoms with van der Waals surface area (Å²) in [5.74, 6) is 0. The van der Waals surface area contributed by atoms with Crippen molar-refractivity contribution >= 4 is 13.1 Å². The number of carbonyl (C=O) groups excluding carboxylic acids is 1. The molecular weight excluding hydrogens is 287 g/mol. The van der Waals surface area contributed by atoms with Crippen molar-refractivity contribution in [3.8, 4) is 0 Å². The molecule has 1 aromatic carbocycles. The van der Waals surface area contributed by atoms with Crippen molar-refractivity contribution in [3.63, 3.8) is 0 Å². The molecule has 0 N–H and O–H groups in total. The van der Waals surface area contributed by atoms with E-state index in [4.69, 9.17) is 9.05 Å². The van der Waals surface area contributed by atoms with Crippen LogP contribution in [0.15, 0.2) is 24.3 Å². The van der Waals surface area contributed by atoms with Gasteiger partial charge in [-0.1, -0.05) is 24.3 Å². The lowest BCUT2D eigenvalue weighted by Crippen LogP contribution is -2.27. The van der Waals surface area contributed by atoms with Crippen molar-refractivity contribution in [2.45, 2.75) is 59.7 Å². The van der Waals surface area contributed by atoms with Crippen LogP contribution in [-0.4, -0.2) is 16.7 Å². The molecule has 0 aromatic heterocycles. The van der Waals surface area contributed by atoms with Gasteiger partial charge in [-0.3, -0.25) is 18.4 Å². The summed E-state index contributed by atoms with van der Waals surface area (Å²) >= 11 is 0. The number of carbonyl (C=O) groups is 1. The smallest absolute Gasteiger partial charge is 0.297 e. The van der Waals surface area contributed by atoms with Gasteiger partial charge < -0.3 is 0 Å². The van der Waals surface area contributed by atoms with Gasteiger partial charge in [0.2, 0.25) is 0 Å². The number of benzene rings is 1.